The predicted molar refractivity (Wildman–Crippen MR) is 157 cm³/mol. The Labute approximate surface area is 229 Å². The van der Waals surface area contributed by atoms with Crippen molar-refractivity contribution < 1.29 is 15.0 Å². The molecule has 0 aliphatic heterocycles. The van der Waals surface area contributed by atoms with Gasteiger partial charge in [0.1, 0.15) is 11.5 Å². The van der Waals surface area contributed by atoms with E-state index in [-0.39, 0.29) is 5.91 Å². The molecule has 2 atom stereocenters. The molecule has 0 saturated carbocycles. The van der Waals surface area contributed by atoms with Gasteiger partial charge in [0.25, 0.3) is 0 Å². The zero-order chi connectivity index (χ0) is 27.2. The summed E-state index contributed by atoms with van der Waals surface area (Å²) in [6, 6.07) is 24.1. The molecule has 0 heterocycles. The van der Waals surface area contributed by atoms with Crippen molar-refractivity contribution >= 4 is 5.91 Å². The molecule has 4 heteroatoms. The average Bonchev–Trinajstić information content (AvgIpc) is 2.93. The van der Waals surface area contributed by atoms with Gasteiger partial charge >= 0.3 is 0 Å². The molecule has 0 fully saturated rings. The number of carbonyl (C=O) groups is 1. The Bertz CT molecular complexity index is 1070. The second-order valence-electron chi connectivity index (χ2n) is 10.4. The third-order valence-corrected chi connectivity index (χ3v) is 7.56. The molecule has 0 aliphatic carbocycles. The maximum absolute atomic E-state index is 11.9. The van der Waals surface area contributed by atoms with E-state index >= 15 is 0 Å². The fourth-order valence-electron chi connectivity index (χ4n) is 5.29. The molecule has 0 spiro atoms. The van der Waals surface area contributed by atoms with Gasteiger partial charge in [0.15, 0.2) is 0 Å². The molecule has 204 valence electrons. The van der Waals surface area contributed by atoms with E-state index in [1.54, 1.807) is 24.3 Å². The molecule has 3 aromatic carbocycles. The highest BCUT2D eigenvalue weighted by molar-refractivity contribution is 5.76. The van der Waals surface area contributed by atoms with Crippen LogP contribution in [-0.4, -0.2) is 22.7 Å². The van der Waals surface area contributed by atoms with Gasteiger partial charge in [-0.15, -0.1) is 0 Å². The van der Waals surface area contributed by atoms with Crippen molar-refractivity contribution in [1.82, 2.24) is 5.32 Å². The van der Waals surface area contributed by atoms with Crippen LogP contribution in [0.3, 0.4) is 0 Å². The van der Waals surface area contributed by atoms with Crippen molar-refractivity contribution in [3.63, 3.8) is 0 Å². The lowest BCUT2D eigenvalue weighted by Crippen LogP contribution is -2.24. The Balaban J connectivity index is 1.49. The van der Waals surface area contributed by atoms with E-state index in [1.165, 1.54) is 28.7 Å². The van der Waals surface area contributed by atoms with Gasteiger partial charge in [0.05, 0.1) is 0 Å². The monoisotopic (exact) mass is 515 g/mol. The van der Waals surface area contributed by atoms with Gasteiger partial charge in [-0.2, -0.15) is 0 Å². The maximum atomic E-state index is 11.9. The highest BCUT2D eigenvalue weighted by Crippen LogP contribution is 2.40. The largest absolute Gasteiger partial charge is 0.508 e. The summed E-state index contributed by atoms with van der Waals surface area (Å²) in [4.78, 5) is 11.9. The lowest BCUT2D eigenvalue weighted by atomic mass is 9.77. The zero-order valence-corrected chi connectivity index (χ0v) is 23.2. The fraction of sp³-hybridized carbons (Fsp3) is 0.441. The molecular formula is C34H45NO3. The highest BCUT2D eigenvalue weighted by Gasteiger charge is 2.23. The standard InChI is InChI=1S/C34H45NO3/c1-3-5-25-35-34(38)24-15-27-13-11-26(12-14-27)9-7-6-8-10-33(29-18-22-31(37)23-19-29)32(4-2)28-16-20-30(36)21-17-28/h11-14,16-23,32-33,36-37H,3-10,15,24-25H2,1-2H3,(H,35,38). The van der Waals surface area contributed by atoms with Crippen molar-refractivity contribution in [1.29, 1.82) is 0 Å². The number of aryl methyl sites for hydroxylation is 2. The van der Waals surface area contributed by atoms with E-state index in [0.29, 0.717) is 29.8 Å². The van der Waals surface area contributed by atoms with Crippen LogP contribution in [0.25, 0.3) is 0 Å². The number of nitrogens with one attached hydrogen (secondary N) is 1. The molecule has 3 N–H and O–H groups in total. The molecule has 0 bridgehead atoms. The van der Waals surface area contributed by atoms with Crippen LogP contribution in [0.4, 0.5) is 0 Å². The summed E-state index contributed by atoms with van der Waals surface area (Å²) in [6.07, 6.45) is 10.1. The molecule has 4 nitrogen and oxygen atoms in total. The maximum Gasteiger partial charge on any atom is 0.220 e. The van der Waals surface area contributed by atoms with Gasteiger partial charge in [-0.1, -0.05) is 81.6 Å². The first-order valence-corrected chi connectivity index (χ1v) is 14.4. The van der Waals surface area contributed by atoms with Gasteiger partial charge in [-0.25, -0.2) is 0 Å². The minimum absolute atomic E-state index is 0.142. The third kappa shape index (κ3) is 9.55. The van der Waals surface area contributed by atoms with Crippen LogP contribution >= 0.6 is 0 Å². The van der Waals surface area contributed by atoms with Crippen LogP contribution in [0.5, 0.6) is 11.5 Å². The number of unbranched alkanes of at least 4 members (excludes halogenated alkanes) is 3. The zero-order valence-electron chi connectivity index (χ0n) is 23.2. The fourth-order valence-corrected chi connectivity index (χ4v) is 5.29. The quantitative estimate of drug-likeness (QED) is 0.169. The van der Waals surface area contributed by atoms with E-state index in [1.807, 2.05) is 12.1 Å². The molecule has 38 heavy (non-hydrogen) atoms. The second-order valence-corrected chi connectivity index (χ2v) is 10.4. The topological polar surface area (TPSA) is 69.6 Å². The summed E-state index contributed by atoms with van der Waals surface area (Å²) in [6.45, 7) is 5.14. The molecule has 0 aromatic heterocycles. The van der Waals surface area contributed by atoms with Gasteiger partial charge in [0, 0.05) is 13.0 Å². The van der Waals surface area contributed by atoms with E-state index in [2.05, 4.69) is 55.6 Å². The lowest BCUT2D eigenvalue weighted by molar-refractivity contribution is -0.121. The summed E-state index contributed by atoms with van der Waals surface area (Å²) < 4.78 is 0. The number of hydrogen-bond donors (Lipinski definition) is 3. The Morgan fingerprint density at radius 3 is 1.79 bits per heavy atom. The number of phenolic OH excluding ortho intramolecular Hbond substituents is 2. The normalized spacial score (nSPS) is 12.7. The summed E-state index contributed by atoms with van der Waals surface area (Å²) in [5.41, 5.74) is 5.09. The van der Waals surface area contributed by atoms with Gasteiger partial charge in [0.2, 0.25) is 5.91 Å². The second kappa shape index (κ2) is 15.9. The first kappa shape index (κ1) is 29.3. The van der Waals surface area contributed by atoms with E-state index in [0.717, 1.165) is 57.9 Å². The van der Waals surface area contributed by atoms with Crippen LogP contribution in [0.2, 0.25) is 0 Å². The Morgan fingerprint density at radius 2 is 1.24 bits per heavy atom. The van der Waals surface area contributed by atoms with Crippen molar-refractivity contribution in [3.8, 4) is 11.5 Å². The van der Waals surface area contributed by atoms with E-state index in [9.17, 15) is 15.0 Å². The van der Waals surface area contributed by atoms with Crippen molar-refractivity contribution in [2.75, 3.05) is 6.54 Å². The molecule has 2 unspecified atom stereocenters. The number of phenols is 2. The van der Waals surface area contributed by atoms with E-state index < -0.39 is 0 Å². The number of carbonyl (C=O) groups excluding carboxylic acids is 1. The van der Waals surface area contributed by atoms with Crippen LogP contribution < -0.4 is 5.32 Å². The van der Waals surface area contributed by atoms with Gasteiger partial charge < -0.3 is 15.5 Å². The summed E-state index contributed by atoms with van der Waals surface area (Å²) in [5, 5.41) is 22.5. The SMILES string of the molecule is CCCCNC(=O)CCc1ccc(CCCCCC(c2ccc(O)cc2)C(CC)c2ccc(O)cc2)cc1. The minimum Gasteiger partial charge on any atom is -0.508 e. The van der Waals surface area contributed by atoms with Crippen LogP contribution in [0.1, 0.15) is 99.3 Å². The van der Waals surface area contributed by atoms with Crippen molar-refractivity contribution in [3.05, 3.63) is 95.1 Å². The molecule has 3 aromatic rings. The number of amides is 1. The molecule has 1 amide bonds. The number of aromatic hydroxyl groups is 2. The summed E-state index contributed by atoms with van der Waals surface area (Å²) in [7, 11) is 0. The highest BCUT2D eigenvalue weighted by atomic mass is 16.3. The third-order valence-electron chi connectivity index (χ3n) is 7.56. The van der Waals surface area contributed by atoms with Crippen molar-refractivity contribution in [2.24, 2.45) is 0 Å². The summed E-state index contributed by atoms with van der Waals surface area (Å²) >= 11 is 0. The Hall–Kier alpha value is -3.27. The molecular weight excluding hydrogens is 470 g/mol. The van der Waals surface area contributed by atoms with Crippen LogP contribution in [-0.2, 0) is 17.6 Å². The van der Waals surface area contributed by atoms with Crippen LogP contribution in [0.15, 0.2) is 72.8 Å². The molecule has 3 rings (SSSR count). The minimum atomic E-state index is 0.142. The Morgan fingerprint density at radius 1 is 0.684 bits per heavy atom. The molecule has 0 radical (unpaired) electrons. The van der Waals surface area contributed by atoms with E-state index in [4.69, 9.17) is 0 Å². The molecule has 0 saturated heterocycles. The first-order valence-electron chi connectivity index (χ1n) is 14.4. The smallest absolute Gasteiger partial charge is 0.220 e. The first-order chi connectivity index (χ1) is 18.5. The number of benzene rings is 3. The Kier molecular flexibility index (Phi) is 12.2. The average molecular weight is 516 g/mol. The molecule has 0 aliphatic rings. The number of rotatable bonds is 16. The lowest BCUT2D eigenvalue weighted by Gasteiger charge is -2.28. The van der Waals surface area contributed by atoms with Gasteiger partial charge in [-0.3, -0.25) is 4.79 Å². The predicted octanol–water partition coefficient (Wildman–Crippen LogP) is 8.03. The number of hydrogen-bond acceptors (Lipinski definition) is 3. The van der Waals surface area contributed by atoms with Crippen LogP contribution in [0, 0.1) is 0 Å². The van der Waals surface area contributed by atoms with Gasteiger partial charge in [-0.05, 0) is 96.9 Å². The van der Waals surface area contributed by atoms with Crippen molar-refractivity contribution in [2.45, 2.75) is 89.9 Å². The summed E-state index contributed by atoms with van der Waals surface area (Å²) in [5.74, 6) is 1.46.